The third-order valence-corrected chi connectivity index (χ3v) is 6.37. The van der Waals surface area contributed by atoms with Gasteiger partial charge in [0.15, 0.2) is 0 Å². The summed E-state index contributed by atoms with van der Waals surface area (Å²) >= 11 is 5.03. The highest BCUT2D eigenvalue weighted by molar-refractivity contribution is 9.10. The molecule has 1 fully saturated rings. The number of hydrogen-bond donors (Lipinski definition) is 1. The highest BCUT2D eigenvalue weighted by atomic mass is 79.9. The largest absolute Gasteiger partial charge is 0.383 e. The second-order valence-corrected chi connectivity index (χ2v) is 9.32. The van der Waals surface area contributed by atoms with Gasteiger partial charge in [0.25, 0.3) is 0 Å². The Hall–Kier alpha value is -0.310. The molecule has 1 aromatic heterocycles. The van der Waals surface area contributed by atoms with Crippen LogP contribution >= 0.6 is 27.7 Å². The van der Waals surface area contributed by atoms with Crippen molar-refractivity contribution in [3.8, 4) is 0 Å². The third kappa shape index (κ3) is 3.24. The number of aromatic nitrogens is 1. The molecule has 2 rings (SSSR count). The topological polar surface area (TPSA) is 76.3 Å². The van der Waals surface area contributed by atoms with E-state index in [9.17, 15) is 8.42 Å². The smallest absolute Gasteiger partial charge is 0.246 e. The van der Waals surface area contributed by atoms with Gasteiger partial charge in [-0.25, -0.2) is 13.4 Å². The van der Waals surface area contributed by atoms with Crippen molar-refractivity contribution < 1.29 is 8.42 Å². The van der Waals surface area contributed by atoms with Gasteiger partial charge in [0.1, 0.15) is 10.7 Å². The van der Waals surface area contributed by atoms with Crippen LogP contribution in [0.3, 0.4) is 0 Å². The summed E-state index contributed by atoms with van der Waals surface area (Å²) in [5.74, 6) is 0.0433. The van der Waals surface area contributed by atoms with Gasteiger partial charge in [0.05, 0.1) is 0 Å². The highest BCUT2D eigenvalue weighted by Crippen LogP contribution is 2.31. The van der Waals surface area contributed by atoms with Crippen LogP contribution in [0.15, 0.2) is 21.6 Å². The van der Waals surface area contributed by atoms with E-state index in [-0.39, 0.29) is 21.2 Å². The summed E-state index contributed by atoms with van der Waals surface area (Å²) in [7, 11) is -3.58. The van der Waals surface area contributed by atoms with Crippen molar-refractivity contribution in [1.82, 2.24) is 9.29 Å². The molecule has 2 N–H and O–H groups in total. The van der Waals surface area contributed by atoms with Crippen LogP contribution in [0.25, 0.3) is 0 Å². The second-order valence-electron chi connectivity index (χ2n) is 4.62. The van der Waals surface area contributed by atoms with Crippen molar-refractivity contribution >= 4 is 43.5 Å². The molecule has 0 radical (unpaired) electrons. The summed E-state index contributed by atoms with van der Waals surface area (Å²) in [5, 5.41) is 0.555. The molecule has 2 atom stereocenters. The summed E-state index contributed by atoms with van der Waals surface area (Å²) < 4.78 is 27.4. The first-order valence-electron chi connectivity index (χ1n) is 5.87. The Bertz CT molecular complexity index is 569. The number of nitrogens with zero attached hydrogens (tertiary/aromatic N) is 2. The standard InChI is InChI=1S/C11H16BrN3O2S2/c1-7-5-15(6-8(2)18-7)19(16,17)10-3-9(12)4-14-11(10)13/h3-4,7-8H,5-6H2,1-2H3,(H2,13,14). The first-order chi connectivity index (χ1) is 8.80. The molecule has 2 heterocycles. The number of pyridine rings is 1. The summed E-state index contributed by atoms with van der Waals surface area (Å²) in [6, 6.07) is 1.51. The van der Waals surface area contributed by atoms with E-state index in [4.69, 9.17) is 5.73 Å². The predicted octanol–water partition coefficient (Wildman–Crippen LogP) is 1.94. The van der Waals surface area contributed by atoms with E-state index in [1.54, 1.807) is 11.8 Å². The zero-order valence-corrected chi connectivity index (χ0v) is 13.9. The Labute approximate surface area is 126 Å². The molecule has 0 saturated carbocycles. The molecule has 106 valence electrons. The number of sulfonamides is 1. The molecule has 0 aliphatic carbocycles. The van der Waals surface area contributed by atoms with Crippen molar-refractivity contribution in [2.24, 2.45) is 0 Å². The minimum atomic E-state index is -3.58. The summed E-state index contributed by atoms with van der Waals surface area (Å²) in [6.07, 6.45) is 1.49. The summed E-state index contributed by atoms with van der Waals surface area (Å²) in [6.45, 7) is 5.07. The van der Waals surface area contributed by atoms with E-state index in [1.165, 1.54) is 16.6 Å². The van der Waals surface area contributed by atoms with E-state index < -0.39 is 10.0 Å². The Morgan fingerprint density at radius 3 is 2.58 bits per heavy atom. The fourth-order valence-electron chi connectivity index (χ4n) is 2.10. The Morgan fingerprint density at radius 1 is 1.42 bits per heavy atom. The van der Waals surface area contributed by atoms with E-state index >= 15 is 0 Å². The first kappa shape index (κ1) is 15.1. The van der Waals surface area contributed by atoms with Gasteiger partial charge in [-0.05, 0) is 22.0 Å². The van der Waals surface area contributed by atoms with E-state index in [0.717, 1.165) is 0 Å². The maximum absolute atomic E-state index is 12.6. The molecule has 2 unspecified atom stereocenters. The molecular formula is C11H16BrN3O2S2. The predicted molar refractivity (Wildman–Crippen MR) is 81.6 cm³/mol. The van der Waals surface area contributed by atoms with E-state index in [1.807, 2.05) is 13.8 Å². The third-order valence-electron chi connectivity index (χ3n) is 2.85. The zero-order valence-electron chi connectivity index (χ0n) is 10.7. The quantitative estimate of drug-likeness (QED) is 0.866. The SMILES string of the molecule is CC1CN(S(=O)(=O)c2cc(Br)cnc2N)CC(C)S1. The lowest BCUT2D eigenvalue weighted by molar-refractivity contribution is 0.405. The maximum Gasteiger partial charge on any atom is 0.246 e. The van der Waals surface area contributed by atoms with Gasteiger partial charge in [0.2, 0.25) is 10.0 Å². The summed E-state index contributed by atoms with van der Waals surface area (Å²) in [5.41, 5.74) is 5.71. The van der Waals surface area contributed by atoms with Crippen molar-refractivity contribution in [3.05, 3.63) is 16.7 Å². The van der Waals surface area contributed by atoms with Gasteiger partial charge in [-0.1, -0.05) is 13.8 Å². The van der Waals surface area contributed by atoms with Crippen LogP contribution in [0.4, 0.5) is 5.82 Å². The molecular weight excluding hydrogens is 350 g/mol. The van der Waals surface area contributed by atoms with Gasteiger partial charge in [-0.15, -0.1) is 0 Å². The molecule has 1 aliphatic heterocycles. The van der Waals surface area contributed by atoms with Gasteiger partial charge < -0.3 is 5.73 Å². The number of nitrogen functional groups attached to an aromatic ring is 1. The normalized spacial score (nSPS) is 25.4. The number of hydrogen-bond acceptors (Lipinski definition) is 5. The van der Waals surface area contributed by atoms with Crippen LogP contribution < -0.4 is 5.73 Å². The van der Waals surface area contributed by atoms with Crippen LogP contribution in [0.1, 0.15) is 13.8 Å². The number of nitrogens with two attached hydrogens (primary N) is 1. The lowest BCUT2D eigenvalue weighted by Crippen LogP contribution is -2.44. The van der Waals surface area contributed by atoms with Crippen molar-refractivity contribution in [1.29, 1.82) is 0 Å². The van der Waals surface area contributed by atoms with Crippen LogP contribution in [0, 0.1) is 0 Å². The van der Waals surface area contributed by atoms with Crippen molar-refractivity contribution in [3.63, 3.8) is 0 Å². The van der Waals surface area contributed by atoms with E-state index in [2.05, 4.69) is 20.9 Å². The highest BCUT2D eigenvalue weighted by Gasteiger charge is 2.33. The maximum atomic E-state index is 12.6. The minimum Gasteiger partial charge on any atom is -0.383 e. The average molecular weight is 366 g/mol. The molecule has 0 aromatic carbocycles. The lowest BCUT2D eigenvalue weighted by atomic mass is 10.4. The number of anilines is 1. The van der Waals surface area contributed by atoms with Crippen LogP contribution in [-0.2, 0) is 10.0 Å². The molecule has 0 amide bonds. The molecule has 0 spiro atoms. The number of rotatable bonds is 2. The van der Waals surface area contributed by atoms with Crippen molar-refractivity contribution in [2.45, 2.75) is 29.2 Å². The Kier molecular flexibility index (Phi) is 4.44. The van der Waals surface area contributed by atoms with Gasteiger partial charge in [-0.3, -0.25) is 0 Å². The monoisotopic (exact) mass is 365 g/mol. The van der Waals surface area contributed by atoms with E-state index in [0.29, 0.717) is 17.6 Å². The Balaban J connectivity index is 2.39. The van der Waals surface area contributed by atoms with Crippen LogP contribution in [0.2, 0.25) is 0 Å². The molecule has 1 saturated heterocycles. The lowest BCUT2D eigenvalue weighted by Gasteiger charge is -2.33. The fourth-order valence-corrected chi connectivity index (χ4v) is 5.81. The molecule has 0 bridgehead atoms. The molecule has 19 heavy (non-hydrogen) atoms. The first-order valence-corrected chi connectivity index (χ1v) is 9.05. The fraction of sp³-hybridized carbons (Fsp3) is 0.545. The number of thioether (sulfide) groups is 1. The molecule has 5 nitrogen and oxygen atoms in total. The van der Waals surface area contributed by atoms with Gasteiger partial charge in [-0.2, -0.15) is 16.1 Å². The molecule has 1 aromatic rings. The minimum absolute atomic E-state index is 0.0433. The summed E-state index contributed by atoms with van der Waals surface area (Å²) in [4.78, 5) is 3.97. The zero-order chi connectivity index (χ0) is 14.2. The van der Waals surface area contributed by atoms with Crippen LogP contribution in [-0.4, -0.2) is 41.3 Å². The number of halogens is 1. The molecule has 1 aliphatic rings. The van der Waals surface area contributed by atoms with Gasteiger partial charge >= 0.3 is 0 Å². The average Bonchev–Trinajstić information content (AvgIpc) is 2.31. The molecule has 8 heteroatoms. The van der Waals surface area contributed by atoms with Crippen molar-refractivity contribution in [2.75, 3.05) is 18.8 Å². The second kappa shape index (κ2) is 5.59. The Morgan fingerprint density at radius 2 is 2.00 bits per heavy atom. The van der Waals surface area contributed by atoms with Gasteiger partial charge in [0, 0.05) is 34.3 Å². The van der Waals surface area contributed by atoms with Crippen LogP contribution in [0.5, 0.6) is 0 Å².